The van der Waals surface area contributed by atoms with E-state index < -0.39 is 23.0 Å². The first-order valence-corrected chi connectivity index (χ1v) is 14.1. The zero-order valence-corrected chi connectivity index (χ0v) is 24.0. The van der Waals surface area contributed by atoms with Crippen LogP contribution in [0.2, 0.25) is 5.02 Å². The molecule has 10 heteroatoms. The highest BCUT2D eigenvalue weighted by atomic mass is 35.5. The predicted molar refractivity (Wildman–Crippen MR) is 167 cm³/mol. The van der Waals surface area contributed by atoms with E-state index in [4.69, 9.17) is 17.3 Å². The van der Waals surface area contributed by atoms with E-state index in [1.54, 1.807) is 110 Å². The van der Waals surface area contributed by atoms with Gasteiger partial charge in [0.15, 0.2) is 0 Å². The largest absolute Gasteiger partial charge is 0.366 e. The first-order chi connectivity index (χ1) is 20.2. The Kier molecular flexibility index (Phi) is 10.1. The molecule has 0 saturated carbocycles. The van der Waals surface area contributed by atoms with E-state index in [0.717, 1.165) is 4.90 Å². The maximum Gasteiger partial charge on any atom is 0.272 e. The van der Waals surface area contributed by atoms with E-state index in [9.17, 15) is 19.2 Å². The molecule has 0 fully saturated rings. The number of anilines is 2. The number of benzene rings is 4. The number of rotatable bonds is 10. The third kappa shape index (κ3) is 8.09. The second-order valence-electron chi connectivity index (χ2n) is 9.04. The molecule has 4 aromatic carbocycles. The van der Waals surface area contributed by atoms with Crippen molar-refractivity contribution < 1.29 is 19.2 Å². The fourth-order valence-electron chi connectivity index (χ4n) is 3.80. The molecule has 0 aliphatic heterocycles. The van der Waals surface area contributed by atoms with Crippen LogP contribution < -0.4 is 21.7 Å². The third-order valence-electron chi connectivity index (χ3n) is 5.98. The Labute approximate surface area is 252 Å². The average Bonchev–Trinajstić information content (AvgIpc) is 2.99. The summed E-state index contributed by atoms with van der Waals surface area (Å²) in [6, 6.07) is 29.0. The molecule has 0 bridgehead atoms. The number of primary amides is 1. The molecule has 42 heavy (non-hydrogen) atoms. The highest BCUT2D eigenvalue weighted by Crippen LogP contribution is 2.27. The van der Waals surface area contributed by atoms with Crippen molar-refractivity contribution in [3.05, 3.63) is 131 Å². The van der Waals surface area contributed by atoms with Crippen LogP contribution in [0, 0.1) is 0 Å². The normalized spacial score (nSPS) is 11.7. The van der Waals surface area contributed by atoms with Crippen LogP contribution in [0.3, 0.4) is 0 Å². The van der Waals surface area contributed by atoms with Crippen molar-refractivity contribution >= 4 is 64.4 Å². The second kappa shape index (κ2) is 14.2. The van der Waals surface area contributed by atoms with Crippen molar-refractivity contribution in [3.63, 3.8) is 0 Å². The van der Waals surface area contributed by atoms with Gasteiger partial charge in [-0.3, -0.25) is 19.2 Å². The Balaban J connectivity index is 1.44. The Morgan fingerprint density at radius 3 is 2.14 bits per heavy atom. The number of hydrogen-bond acceptors (Lipinski definition) is 5. The van der Waals surface area contributed by atoms with Crippen molar-refractivity contribution in [3.8, 4) is 0 Å². The van der Waals surface area contributed by atoms with E-state index in [0.29, 0.717) is 27.5 Å². The van der Waals surface area contributed by atoms with Crippen LogP contribution in [-0.2, 0) is 9.59 Å². The van der Waals surface area contributed by atoms with Crippen LogP contribution in [-0.4, -0.2) is 28.9 Å². The monoisotopic (exact) mass is 598 g/mol. The van der Waals surface area contributed by atoms with Gasteiger partial charge in [-0.2, -0.15) is 0 Å². The molecule has 8 nitrogen and oxygen atoms in total. The maximum atomic E-state index is 13.3. The summed E-state index contributed by atoms with van der Waals surface area (Å²) in [5.74, 6) is -1.91. The van der Waals surface area contributed by atoms with Crippen LogP contribution in [0.4, 0.5) is 11.4 Å². The van der Waals surface area contributed by atoms with Gasteiger partial charge < -0.3 is 21.7 Å². The Morgan fingerprint density at radius 2 is 1.45 bits per heavy atom. The number of hydrogen-bond donors (Lipinski definition) is 4. The molecular weight excluding hydrogens is 572 g/mol. The number of carbonyl (C=O) groups excluding carboxylic acids is 4. The fraction of sp³-hybridized carbons (Fsp3) is 0.0625. The second-order valence-corrected chi connectivity index (χ2v) is 10.9. The van der Waals surface area contributed by atoms with Gasteiger partial charge in [-0.05, 0) is 73.2 Å². The highest BCUT2D eigenvalue weighted by molar-refractivity contribution is 8.00. The van der Waals surface area contributed by atoms with E-state index in [-0.39, 0.29) is 17.2 Å². The molecule has 0 aliphatic rings. The lowest BCUT2D eigenvalue weighted by Gasteiger charge is -2.14. The van der Waals surface area contributed by atoms with Crippen LogP contribution in [0.25, 0.3) is 6.08 Å². The SMILES string of the molecule is CC(Sc1ccc(NC(=O)/C(=C/c2ccccc2Cl)NC(=O)c2ccccc2)cc1)C(=O)Nc1ccccc1C(N)=O. The zero-order valence-electron chi connectivity index (χ0n) is 22.5. The van der Waals surface area contributed by atoms with Crippen molar-refractivity contribution in [1.29, 1.82) is 0 Å². The number of halogens is 1. The number of nitrogens with one attached hydrogen (secondary N) is 3. The van der Waals surface area contributed by atoms with Gasteiger partial charge in [0, 0.05) is 21.2 Å². The first kappa shape index (κ1) is 30.1. The minimum absolute atomic E-state index is 0.0111. The minimum atomic E-state index is -0.631. The molecule has 4 rings (SSSR count). The Hall–Kier alpha value is -4.86. The third-order valence-corrected chi connectivity index (χ3v) is 7.43. The van der Waals surface area contributed by atoms with Crippen LogP contribution in [0.15, 0.2) is 114 Å². The standard InChI is InChI=1S/C32H27ClN4O4S/c1-20(30(39)36-27-14-8-6-12-25(27)29(34)38)42-24-17-15-23(16-18-24)35-32(41)28(19-22-11-5-7-13-26(22)33)37-31(40)21-9-3-2-4-10-21/h2-20H,1H3,(H2,34,38)(H,35,41)(H,36,39)(H,37,40)/b28-19-. The van der Waals surface area contributed by atoms with Crippen molar-refractivity contribution in [1.82, 2.24) is 5.32 Å². The summed E-state index contributed by atoms with van der Waals surface area (Å²) in [4.78, 5) is 51.3. The van der Waals surface area contributed by atoms with Crippen molar-refractivity contribution in [2.75, 3.05) is 10.6 Å². The van der Waals surface area contributed by atoms with Crippen molar-refractivity contribution in [2.45, 2.75) is 17.1 Å². The Morgan fingerprint density at radius 1 is 0.810 bits per heavy atom. The molecule has 0 saturated heterocycles. The average molecular weight is 599 g/mol. The van der Waals surface area contributed by atoms with Gasteiger partial charge in [-0.15, -0.1) is 11.8 Å². The molecule has 1 atom stereocenters. The zero-order chi connectivity index (χ0) is 30.1. The molecule has 212 valence electrons. The molecular formula is C32H27ClN4O4S. The van der Waals surface area contributed by atoms with E-state index in [1.165, 1.54) is 17.8 Å². The molecule has 0 aromatic heterocycles. The smallest absolute Gasteiger partial charge is 0.272 e. The summed E-state index contributed by atoms with van der Waals surface area (Å²) in [5.41, 5.74) is 7.43. The summed E-state index contributed by atoms with van der Waals surface area (Å²) in [5, 5.41) is 8.15. The lowest BCUT2D eigenvalue weighted by molar-refractivity contribution is -0.115. The maximum absolute atomic E-state index is 13.3. The quantitative estimate of drug-likeness (QED) is 0.132. The lowest BCUT2D eigenvalue weighted by atomic mass is 10.1. The molecule has 0 radical (unpaired) electrons. The van der Waals surface area contributed by atoms with Crippen LogP contribution in [0.5, 0.6) is 0 Å². The summed E-state index contributed by atoms with van der Waals surface area (Å²) in [6.45, 7) is 1.74. The topological polar surface area (TPSA) is 130 Å². The number of nitrogens with two attached hydrogens (primary N) is 1. The molecule has 0 spiro atoms. The lowest BCUT2D eigenvalue weighted by Crippen LogP contribution is -2.30. The highest BCUT2D eigenvalue weighted by Gasteiger charge is 2.18. The van der Waals surface area contributed by atoms with Gasteiger partial charge in [-0.25, -0.2) is 0 Å². The molecule has 5 N–H and O–H groups in total. The number of para-hydroxylation sites is 1. The van der Waals surface area contributed by atoms with E-state index in [1.807, 2.05) is 0 Å². The number of amides is 4. The van der Waals surface area contributed by atoms with E-state index in [2.05, 4.69) is 16.0 Å². The minimum Gasteiger partial charge on any atom is -0.366 e. The fourth-order valence-corrected chi connectivity index (χ4v) is 4.86. The van der Waals surface area contributed by atoms with Gasteiger partial charge in [0.1, 0.15) is 5.70 Å². The molecule has 4 amide bonds. The molecule has 1 unspecified atom stereocenters. The van der Waals surface area contributed by atoms with Gasteiger partial charge >= 0.3 is 0 Å². The molecule has 4 aromatic rings. The summed E-state index contributed by atoms with van der Waals surface area (Å²) in [7, 11) is 0. The number of carbonyl (C=O) groups is 4. The Bertz CT molecular complexity index is 1640. The van der Waals surface area contributed by atoms with Crippen LogP contribution in [0.1, 0.15) is 33.2 Å². The van der Waals surface area contributed by atoms with Gasteiger partial charge in [0.2, 0.25) is 5.91 Å². The van der Waals surface area contributed by atoms with Gasteiger partial charge in [0.25, 0.3) is 17.7 Å². The first-order valence-electron chi connectivity index (χ1n) is 12.8. The summed E-state index contributed by atoms with van der Waals surface area (Å²) < 4.78 is 0. The summed E-state index contributed by atoms with van der Waals surface area (Å²) >= 11 is 7.60. The van der Waals surface area contributed by atoms with Crippen LogP contribution >= 0.6 is 23.4 Å². The van der Waals surface area contributed by atoms with Gasteiger partial charge in [0.05, 0.1) is 16.5 Å². The van der Waals surface area contributed by atoms with E-state index >= 15 is 0 Å². The number of thioether (sulfide) groups is 1. The molecule has 0 heterocycles. The predicted octanol–water partition coefficient (Wildman–Crippen LogP) is 5.97. The van der Waals surface area contributed by atoms with Gasteiger partial charge in [-0.1, -0.05) is 60.1 Å². The van der Waals surface area contributed by atoms with Crippen molar-refractivity contribution in [2.24, 2.45) is 5.73 Å². The molecule has 0 aliphatic carbocycles. The summed E-state index contributed by atoms with van der Waals surface area (Å²) in [6.07, 6.45) is 1.51.